The number of aryl methyl sites for hydroxylation is 1. The summed E-state index contributed by atoms with van der Waals surface area (Å²) in [6.45, 7) is 3.28. The second-order valence-electron chi connectivity index (χ2n) is 4.52. The fourth-order valence-corrected chi connectivity index (χ4v) is 1.88. The summed E-state index contributed by atoms with van der Waals surface area (Å²) in [6.07, 6.45) is 0. The van der Waals surface area contributed by atoms with Crippen molar-refractivity contribution in [1.29, 1.82) is 0 Å². The molecule has 1 aromatic rings. The summed E-state index contributed by atoms with van der Waals surface area (Å²) in [7, 11) is 6.66. The highest BCUT2D eigenvalue weighted by Crippen LogP contribution is 2.15. The van der Waals surface area contributed by atoms with Crippen LogP contribution in [0.3, 0.4) is 0 Å². The normalized spacial score (nSPS) is 10.9. The van der Waals surface area contributed by atoms with Crippen LogP contribution in [0, 0.1) is 10.5 Å². The van der Waals surface area contributed by atoms with Gasteiger partial charge in [-0.15, -0.1) is 0 Å². The first-order valence-electron chi connectivity index (χ1n) is 4.44. The van der Waals surface area contributed by atoms with Gasteiger partial charge in [0.2, 0.25) is 0 Å². The van der Waals surface area contributed by atoms with E-state index in [9.17, 15) is 0 Å². The zero-order valence-corrected chi connectivity index (χ0v) is 12.1. The van der Waals surface area contributed by atoms with Crippen molar-refractivity contribution in [3.8, 4) is 0 Å². The SMILES string of the molecule is Cc1ccc(I)cc1C[N+](C)(C)C.[Cl-]. The van der Waals surface area contributed by atoms with Crippen molar-refractivity contribution >= 4 is 22.6 Å². The zero-order chi connectivity index (χ0) is 10.1. The lowest BCUT2D eigenvalue weighted by Gasteiger charge is -2.24. The van der Waals surface area contributed by atoms with Gasteiger partial charge in [0.05, 0.1) is 21.1 Å². The Kier molecular flexibility index (Phi) is 5.41. The molecule has 14 heavy (non-hydrogen) atoms. The molecule has 0 aromatic heterocycles. The van der Waals surface area contributed by atoms with Crippen molar-refractivity contribution in [3.05, 3.63) is 32.9 Å². The summed E-state index contributed by atoms with van der Waals surface area (Å²) in [5.41, 5.74) is 2.85. The molecule has 0 radical (unpaired) electrons. The molecule has 0 amide bonds. The van der Waals surface area contributed by atoms with Crippen LogP contribution in [0.5, 0.6) is 0 Å². The van der Waals surface area contributed by atoms with Crippen molar-refractivity contribution in [2.75, 3.05) is 21.1 Å². The van der Waals surface area contributed by atoms with Crippen molar-refractivity contribution < 1.29 is 16.9 Å². The predicted octanol–water partition coefficient (Wildman–Crippen LogP) is -0.190. The highest BCUT2D eigenvalue weighted by Gasteiger charge is 2.10. The number of hydrogen-bond donors (Lipinski definition) is 0. The molecule has 80 valence electrons. The Morgan fingerprint density at radius 2 is 1.79 bits per heavy atom. The van der Waals surface area contributed by atoms with Crippen LogP contribution in [0.2, 0.25) is 0 Å². The fourth-order valence-electron chi connectivity index (χ4n) is 1.32. The molecule has 0 saturated carbocycles. The highest BCUT2D eigenvalue weighted by atomic mass is 127. The van der Waals surface area contributed by atoms with Crippen molar-refractivity contribution in [2.45, 2.75) is 13.5 Å². The molecule has 0 unspecified atom stereocenters. The third-order valence-corrected chi connectivity index (χ3v) is 2.63. The van der Waals surface area contributed by atoms with Crippen LogP contribution < -0.4 is 12.4 Å². The lowest BCUT2D eigenvalue weighted by molar-refractivity contribution is -0.884. The van der Waals surface area contributed by atoms with Crippen LogP contribution in [0.1, 0.15) is 11.1 Å². The first-order chi connectivity index (χ1) is 5.88. The Hall–Kier alpha value is 0.200. The molecule has 0 N–H and O–H groups in total. The summed E-state index contributed by atoms with van der Waals surface area (Å²) in [6, 6.07) is 6.64. The van der Waals surface area contributed by atoms with E-state index in [1.165, 1.54) is 14.7 Å². The summed E-state index contributed by atoms with van der Waals surface area (Å²) >= 11 is 2.37. The highest BCUT2D eigenvalue weighted by molar-refractivity contribution is 14.1. The Bertz CT molecular complexity index is 305. The number of halogens is 2. The Balaban J connectivity index is 0.00000169. The number of benzene rings is 1. The van der Waals surface area contributed by atoms with E-state index in [1.54, 1.807) is 0 Å². The zero-order valence-electron chi connectivity index (χ0n) is 9.14. The van der Waals surface area contributed by atoms with E-state index in [2.05, 4.69) is 68.9 Å². The van der Waals surface area contributed by atoms with Gasteiger partial charge < -0.3 is 16.9 Å². The summed E-state index contributed by atoms with van der Waals surface area (Å²) in [5, 5.41) is 0. The van der Waals surface area contributed by atoms with Crippen molar-refractivity contribution in [2.24, 2.45) is 0 Å². The van der Waals surface area contributed by atoms with Gasteiger partial charge in [-0.05, 0) is 47.2 Å². The standard InChI is InChI=1S/C11H17IN.ClH/c1-9-5-6-11(12)7-10(9)8-13(2,3)4;/h5-7H,8H2,1-4H3;1H/q+1;/p-1. The van der Waals surface area contributed by atoms with Gasteiger partial charge in [0.25, 0.3) is 0 Å². The number of rotatable bonds is 2. The van der Waals surface area contributed by atoms with E-state index in [0.29, 0.717) is 0 Å². The van der Waals surface area contributed by atoms with E-state index in [4.69, 9.17) is 0 Å². The van der Waals surface area contributed by atoms with E-state index in [0.717, 1.165) is 11.0 Å². The molecule has 1 rings (SSSR count). The quantitative estimate of drug-likeness (QED) is 0.522. The largest absolute Gasteiger partial charge is 1.00 e. The van der Waals surface area contributed by atoms with Crippen LogP contribution in [0.4, 0.5) is 0 Å². The van der Waals surface area contributed by atoms with Gasteiger partial charge in [-0.3, -0.25) is 0 Å². The number of hydrogen-bond acceptors (Lipinski definition) is 0. The number of quaternary nitrogens is 1. The Morgan fingerprint density at radius 3 is 2.29 bits per heavy atom. The van der Waals surface area contributed by atoms with Gasteiger partial charge in [-0.25, -0.2) is 0 Å². The summed E-state index contributed by atoms with van der Waals surface area (Å²) in [4.78, 5) is 0. The molecule has 0 aliphatic heterocycles. The van der Waals surface area contributed by atoms with Crippen LogP contribution >= 0.6 is 22.6 Å². The molecule has 0 saturated heterocycles. The molecule has 3 heteroatoms. The van der Waals surface area contributed by atoms with E-state index in [-0.39, 0.29) is 12.4 Å². The second-order valence-corrected chi connectivity index (χ2v) is 5.76. The fraction of sp³-hybridized carbons (Fsp3) is 0.455. The lowest BCUT2D eigenvalue weighted by atomic mass is 10.1. The molecular formula is C11H17ClIN. The molecular weight excluding hydrogens is 308 g/mol. The topological polar surface area (TPSA) is 0 Å². The average molecular weight is 326 g/mol. The molecule has 0 aliphatic rings. The molecule has 0 bridgehead atoms. The van der Waals surface area contributed by atoms with Crippen molar-refractivity contribution in [3.63, 3.8) is 0 Å². The van der Waals surface area contributed by atoms with Crippen LogP contribution in [0.25, 0.3) is 0 Å². The smallest absolute Gasteiger partial charge is 0.104 e. The van der Waals surface area contributed by atoms with Crippen LogP contribution in [0.15, 0.2) is 18.2 Å². The lowest BCUT2D eigenvalue weighted by Crippen LogP contribution is -3.00. The minimum Gasteiger partial charge on any atom is -1.00 e. The summed E-state index contributed by atoms with van der Waals surface area (Å²) < 4.78 is 2.31. The van der Waals surface area contributed by atoms with Crippen molar-refractivity contribution in [1.82, 2.24) is 0 Å². The maximum absolute atomic E-state index is 2.37. The maximum atomic E-state index is 2.37. The number of nitrogens with zero attached hydrogens (tertiary/aromatic N) is 1. The minimum absolute atomic E-state index is 0. The maximum Gasteiger partial charge on any atom is 0.104 e. The third-order valence-electron chi connectivity index (χ3n) is 1.96. The Labute approximate surface area is 107 Å². The third kappa shape index (κ3) is 4.62. The first kappa shape index (κ1) is 14.2. The van der Waals surface area contributed by atoms with Gasteiger partial charge in [-0.2, -0.15) is 0 Å². The molecule has 1 aromatic carbocycles. The van der Waals surface area contributed by atoms with Crippen LogP contribution in [-0.2, 0) is 6.54 Å². The van der Waals surface area contributed by atoms with Gasteiger partial charge in [0, 0.05) is 9.13 Å². The van der Waals surface area contributed by atoms with Gasteiger partial charge in [0.1, 0.15) is 6.54 Å². The van der Waals surface area contributed by atoms with Gasteiger partial charge in [0.15, 0.2) is 0 Å². The van der Waals surface area contributed by atoms with Crippen LogP contribution in [-0.4, -0.2) is 25.6 Å². The van der Waals surface area contributed by atoms with Gasteiger partial charge >= 0.3 is 0 Å². The van der Waals surface area contributed by atoms with Gasteiger partial charge in [-0.1, -0.05) is 6.07 Å². The minimum atomic E-state index is 0. The molecule has 0 aliphatic carbocycles. The average Bonchev–Trinajstić information content (AvgIpc) is 1.94. The van der Waals surface area contributed by atoms with E-state index in [1.807, 2.05) is 0 Å². The predicted molar refractivity (Wildman–Crippen MR) is 65.6 cm³/mol. The molecule has 0 heterocycles. The Morgan fingerprint density at radius 1 is 1.21 bits per heavy atom. The monoisotopic (exact) mass is 325 g/mol. The molecule has 0 fully saturated rings. The molecule has 0 spiro atoms. The second kappa shape index (κ2) is 5.33. The molecule has 1 nitrogen and oxygen atoms in total. The van der Waals surface area contributed by atoms with E-state index < -0.39 is 0 Å². The molecule has 0 atom stereocenters. The first-order valence-corrected chi connectivity index (χ1v) is 5.52. The van der Waals surface area contributed by atoms with E-state index >= 15 is 0 Å². The summed E-state index contributed by atoms with van der Waals surface area (Å²) in [5.74, 6) is 0.